The van der Waals surface area contributed by atoms with Crippen LogP contribution in [-0.4, -0.2) is 62.8 Å². The Kier molecular flexibility index (Phi) is 9.27. The molecular formula is C30H28ClN5O9. The van der Waals surface area contributed by atoms with E-state index in [4.69, 9.17) is 21.1 Å². The minimum atomic E-state index is -1.22. The third-order valence-electron chi connectivity index (χ3n) is 7.40. The molecule has 14 nitrogen and oxygen atoms in total. The normalized spacial score (nSPS) is 16.8. The first kappa shape index (κ1) is 31.4. The van der Waals surface area contributed by atoms with Crippen LogP contribution in [0, 0.1) is 17.0 Å². The van der Waals surface area contributed by atoms with E-state index in [9.17, 15) is 34.4 Å². The molecule has 0 spiro atoms. The fraction of sp³-hybridized carbons (Fsp3) is 0.267. The number of non-ortho nitro benzene ring substituents is 1. The van der Waals surface area contributed by atoms with E-state index >= 15 is 0 Å². The lowest BCUT2D eigenvalue weighted by Gasteiger charge is -2.34. The Morgan fingerprint density at radius 2 is 1.89 bits per heavy atom. The molecule has 3 aromatic rings. The summed E-state index contributed by atoms with van der Waals surface area (Å²) in [6.45, 7) is 1.55. The van der Waals surface area contributed by atoms with Crippen LogP contribution in [-0.2, 0) is 27.4 Å². The number of rotatable bonds is 10. The van der Waals surface area contributed by atoms with Crippen molar-refractivity contribution >= 4 is 46.9 Å². The van der Waals surface area contributed by atoms with Gasteiger partial charge in [0.2, 0.25) is 5.91 Å². The summed E-state index contributed by atoms with van der Waals surface area (Å²) in [7, 11) is 0. The third kappa shape index (κ3) is 7.20. The van der Waals surface area contributed by atoms with Crippen LogP contribution >= 0.6 is 11.6 Å². The Balaban J connectivity index is 1.16. The first-order chi connectivity index (χ1) is 21.5. The van der Waals surface area contributed by atoms with Gasteiger partial charge in [-0.3, -0.25) is 29.8 Å². The molecule has 3 N–H and O–H groups in total. The molecule has 0 aliphatic carbocycles. The fourth-order valence-electron chi connectivity index (χ4n) is 4.99. The lowest BCUT2D eigenvalue weighted by Crippen LogP contribution is -2.55. The van der Waals surface area contributed by atoms with E-state index in [2.05, 4.69) is 10.6 Å². The number of piperidine rings is 1. The summed E-state index contributed by atoms with van der Waals surface area (Å²) in [5.74, 6) is -1.66. The number of benzene rings is 3. The Hall–Kier alpha value is -5.05. The van der Waals surface area contributed by atoms with Gasteiger partial charge in [0.15, 0.2) is 13.1 Å². The van der Waals surface area contributed by atoms with Gasteiger partial charge < -0.3 is 24.8 Å². The zero-order valence-electron chi connectivity index (χ0n) is 23.9. The van der Waals surface area contributed by atoms with E-state index < -0.39 is 42.0 Å². The second kappa shape index (κ2) is 13.3. The first-order valence-corrected chi connectivity index (χ1v) is 14.2. The van der Waals surface area contributed by atoms with Gasteiger partial charge in [-0.25, -0.2) is 9.69 Å². The molecule has 0 radical (unpaired) electrons. The van der Waals surface area contributed by atoms with E-state index in [1.54, 1.807) is 24.3 Å². The molecule has 15 heteroatoms. The highest BCUT2D eigenvalue weighted by Gasteiger charge is 2.43. The lowest BCUT2D eigenvalue weighted by molar-refractivity contribution is -0.384. The number of aliphatic hydroxyl groups excluding tert-OH is 1. The number of aryl methyl sites for hydroxylation is 1. The highest BCUT2D eigenvalue weighted by molar-refractivity contribution is 6.31. The van der Waals surface area contributed by atoms with Gasteiger partial charge in [0.1, 0.15) is 11.8 Å². The smallest absolute Gasteiger partial charge is 0.412 e. The second-order valence-corrected chi connectivity index (χ2v) is 10.8. The molecule has 45 heavy (non-hydrogen) atoms. The molecule has 2 aliphatic rings. The number of carbonyl (C=O) groups is 4. The minimum Gasteiger partial charge on any atom is -0.412 e. The lowest BCUT2D eigenvalue weighted by atomic mass is 10.0. The monoisotopic (exact) mass is 637 g/mol. The molecule has 2 aliphatic heterocycles. The predicted octanol–water partition coefficient (Wildman–Crippen LogP) is 3.68. The quantitative estimate of drug-likeness (QED) is 0.0737. The van der Waals surface area contributed by atoms with E-state index in [1.165, 1.54) is 17.0 Å². The Bertz CT molecular complexity index is 1670. The van der Waals surface area contributed by atoms with E-state index in [-0.39, 0.29) is 43.3 Å². The number of hydrogen-bond donors (Lipinski definition) is 3. The van der Waals surface area contributed by atoms with Crippen LogP contribution in [0.25, 0.3) is 0 Å². The SMILES string of the molecule is Cc1ccc(NC(O)NCc2ccc3c(c2)CN(C2CCC(=O)N(COC(=O)Oc4ccc([N+](=O)[O-])cc4)C2=O)C3=O)cc1Cl. The number of likely N-dealkylation sites (tertiary alicyclic amines) is 1. The number of anilines is 1. The molecule has 0 saturated carbocycles. The standard InChI is InChI=1S/C30H28ClN5O9/c1-17-2-4-20(13-24(17)31)33-29(40)32-14-18-3-9-23-19(12-18)15-34(27(23)38)25-10-11-26(37)35(28(25)39)16-44-30(41)45-22-7-5-21(6-8-22)36(42)43/h2-9,12-13,25,29,32-33,40H,10-11,14-16H2,1H3. The van der Waals surface area contributed by atoms with Gasteiger partial charge in [0.25, 0.3) is 17.5 Å². The number of ether oxygens (including phenoxy) is 2. The highest BCUT2D eigenvalue weighted by atomic mass is 35.5. The number of fused-ring (bicyclic) bond motifs is 1. The largest absolute Gasteiger partial charge is 0.515 e. The van der Waals surface area contributed by atoms with Gasteiger partial charge in [-0.05, 0) is 60.4 Å². The molecule has 0 bridgehead atoms. The fourth-order valence-corrected chi connectivity index (χ4v) is 5.17. The molecule has 0 aromatic heterocycles. The molecule has 3 aromatic carbocycles. The molecule has 2 unspecified atom stereocenters. The summed E-state index contributed by atoms with van der Waals surface area (Å²) in [5.41, 5.74) is 3.25. The molecule has 234 valence electrons. The van der Waals surface area contributed by atoms with Crippen LogP contribution in [0.4, 0.5) is 16.2 Å². The Labute approximate surface area is 261 Å². The van der Waals surface area contributed by atoms with Gasteiger partial charge in [-0.15, -0.1) is 0 Å². The van der Waals surface area contributed by atoms with Crippen LogP contribution in [0.1, 0.15) is 39.9 Å². The van der Waals surface area contributed by atoms with Gasteiger partial charge in [0, 0.05) is 47.9 Å². The number of nitro groups is 1. The number of halogens is 1. The van der Waals surface area contributed by atoms with Crippen molar-refractivity contribution in [1.29, 1.82) is 0 Å². The molecule has 5 rings (SSSR count). The van der Waals surface area contributed by atoms with Crippen molar-refractivity contribution in [1.82, 2.24) is 15.1 Å². The van der Waals surface area contributed by atoms with Gasteiger partial charge in [0.05, 0.1) is 4.92 Å². The van der Waals surface area contributed by atoms with E-state index in [0.717, 1.165) is 28.2 Å². The van der Waals surface area contributed by atoms with Crippen molar-refractivity contribution in [3.8, 4) is 5.75 Å². The maximum Gasteiger partial charge on any atom is 0.515 e. The summed E-state index contributed by atoms with van der Waals surface area (Å²) in [6, 6.07) is 14.3. The third-order valence-corrected chi connectivity index (χ3v) is 7.80. The van der Waals surface area contributed by atoms with Gasteiger partial charge in [-0.2, -0.15) is 0 Å². The van der Waals surface area contributed by atoms with Crippen LogP contribution in [0.5, 0.6) is 5.75 Å². The molecule has 1 fully saturated rings. The number of imide groups is 1. The van der Waals surface area contributed by atoms with Crippen LogP contribution in [0.3, 0.4) is 0 Å². The number of nitrogens with one attached hydrogen (secondary N) is 2. The van der Waals surface area contributed by atoms with Crippen LogP contribution < -0.4 is 15.4 Å². The van der Waals surface area contributed by atoms with Crippen LogP contribution in [0.15, 0.2) is 60.7 Å². The average Bonchev–Trinajstić information content (AvgIpc) is 3.33. The number of carbonyl (C=O) groups excluding carboxylic acids is 4. The van der Waals surface area contributed by atoms with Crippen molar-refractivity contribution in [3.05, 3.63) is 98.1 Å². The maximum atomic E-state index is 13.3. The van der Waals surface area contributed by atoms with E-state index in [1.807, 2.05) is 19.1 Å². The number of nitrogens with zero attached hydrogens (tertiary/aromatic N) is 3. The average molecular weight is 638 g/mol. The van der Waals surface area contributed by atoms with Crippen molar-refractivity contribution in [2.45, 2.75) is 45.2 Å². The summed E-state index contributed by atoms with van der Waals surface area (Å²) in [4.78, 5) is 63.5. The Morgan fingerprint density at radius 3 is 2.60 bits per heavy atom. The number of nitro benzene ring substituents is 1. The summed E-state index contributed by atoms with van der Waals surface area (Å²) >= 11 is 6.14. The van der Waals surface area contributed by atoms with Crippen LogP contribution in [0.2, 0.25) is 5.02 Å². The van der Waals surface area contributed by atoms with Gasteiger partial charge >= 0.3 is 6.16 Å². The summed E-state index contributed by atoms with van der Waals surface area (Å²) < 4.78 is 9.91. The Morgan fingerprint density at radius 1 is 1.13 bits per heavy atom. The van der Waals surface area contributed by atoms with E-state index in [0.29, 0.717) is 21.8 Å². The predicted molar refractivity (Wildman–Crippen MR) is 159 cm³/mol. The molecular weight excluding hydrogens is 610 g/mol. The zero-order valence-corrected chi connectivity index (χ0v) is 24.7. The van der Waals surface area contributed by atoms with Gasteiger partial charge in [-0.1, -0.05) is 29.8 Å². The first-order valence-electron chi connectivity index (χ1n) is 13.8. The number of hydrogen-bond acceptors (Lipinski definition) is 11. The molecule has 2 atom stereocenters. The molecule has 1 saturated heterocycles. The maximum absolute atomic E-state index is 13.3. The number of aliphatic hydroxyl groups is 1. The van der Waals surface area contributed by atoms with Crippen molar-refractivity contribution in [3.63, 3.8) is 0 Å². The van der Waals surface area contributed by atoms with Crippen molar-refractivity contribution < 1.29 is 38.7 Å². The second-order valence-electron chi connectivity index (χ2n) is 10.4. The molecule has 2 heterocycles. The molecule has 3 amide bonds. The summed E-state index contributed by atoms with van der Waals surface area (Å²) in [6.07, 6.45) is -2.24. The topological polar surface area (TPSA) is 181 Å². The van der Waals surface area contributed by atoms with Crippen molar-refractivity contribution in [2.24, 2.45) is 0 Å². The highest BCUT2D eigenvalue weighted by Crippen LogP contribution is 2.30. The van der Waals surface area contributed by atoms with Crippen molar-refractivity contribution in [2.75, 3.05) is 12.0 Å². The zero-order chi connectivity index (χ0) is 32.2. The number of amides is 3. The summed E-state index contributed by atoms with van der Waals surface area (Å²) in [5, 5.41) is 27.6. The minimum absolute atomic E-state index is 0.0308.